The Morgan fingerprint density at radius 2 is 1.85 bits per heavy atom. The Balaban J connectivity index is 1.91. The van der Waals surface area contributed by atoms with Gasteiger partial charge in [-0.05, 0) is 49.3 Å². The average Bonchev–Trinajstić information content (AvgIpc) is 3.27. The molecule has 1 unspecified atom stereocenters. The van der Waals surface area contributed by atoms with Crippen LogP contribution in [-0.4, -0.2) is 29.1 Å². The molecular weight excluding hydrogens is 246 g/mol. The second kappa shape index (κ2) is 7.24. The quantitative estimate of drug-likeness (QED) is 0.780. The fourth-order valence-corrected chi connectivity index (χ4v) is 2.59. The van der Waals surface area contributed by atoms with Gasteiger partial charge in [0, 0.05) is 12.6 Å². The zero-order chi connectivity index (χ0) is 14.5. The summed E-state index contributed by atoms with van der Waals surface area (Å²) >= 11 is 0. The molecule has 1 aromatic carbocycles. The van der Waals surface area contributed by atoms with E-state index in [4.69, 9.17) is 0 Å². The van der Waals surface area contributed by atoms with Crippen molar-refractivity contribution in [1.29, 1.82) is 0 Å². The summed E-state index contributed by atoms with van der Waals surface area (Å²) in [5, 5.41) is 10.5. The summed E-state index contributed by atoms with van der Waals surface area (Å²) in [7, 11) is 0. The van der Waals surface area contributed by atoms with Crippen LogP contribution in [0.25, 0.3) is 0 Å². The van der Waals surface area contributed by atoms with Crippen LogP contribution in [0.2, 0.25) is 0 Å². The normalized spacial score (nSPS) is 16.9. The lowest BCUT2D eigenvalue weighted by atomic mass is 10.0. The first-order valence-corrected chi connectivity index (χ1v) is 8.11. The van der Waals surface area contributed by atoms with Crippen LogP contribution in [0.5, 0.6) is 0 Å². The molecule has 0 bridgehead atoms. The van der Waals surface area contributed by atoms with Crippen molar-refractivity contribution >= 4 is 0 Å². The monoisotopic (exact) mass is 275 g/mol. The lowest BCUT2D eigenvalue weighted by Gasteiger charge is -2.26. The number of hydrogen-bond acceptors (Lipinski definition) is 2. The van der Waals surface area contributed by atoms with Gasteiger partial charge in [0.15, 0.2) is 0 Å². The topological polar surface area (TPSA) is 23.5 Å². The number of aliphatic hydroxyl groups is 1. The Morgan fingerprint density at radius 3 is 2.35 bits per heavy atom. The molecule has 2 nitrogen and oxygen atoms in total. The van der Waals surface area contributed by atoms with E-state index >= 15 is 0 Å². The molecular formula is C18H29NO. The molecule has 1 fully saturated rings. The van der Waals surface area contributed by atoms with Gasteiger partial charge >= 0.3 is 0 Å². The van der Waals surface area contributed by atoms with Crippen LogP contribution in [0.3, 0.4) is 0 Å². The maximum Gasteiger partial charge on any atom is 0.0917 e. The summed E-state index contributed by atoms with van der Waals surface area (Å²) in [5.74, 6) is 0.734. The first kappa shape index (κ1) is 15.5. The van der Waals surface area contributed by atoms with Crippen LogP contribution in [0.1, 0.15) is 57.3 Å². The number of hydrogen-bond donors (Lipinski definition) is 1. The Labute approximate surface area is 123 Å². The van der Waals surface area contributed by atoms with Gasteiger partial charge in [-0.25, -0.2) is 0 Å². The molecule has 0 heterocycles. The Bertz CT molecular complexity index is 394. The van der Waals surface area contributed by atoms with E-state index in [9.17, 15) is 5.11 Å². The first-order chi connectivity index (χ1) is 9.60. The van der Waals surface area contributed by atoms with E-state index in [0.717, 1.165) is 37.0 Å². The van der Waals surface area contributed by atoms with Gasteiger partial charge in [-0.15, -0.1) is 0 Å². The summed E-state index contributed by atoms with van der Waals surface area (Å²) < 4.78 is 0. The van der Waals surface area contributed by atoms with Crippen LogP contribution in [-0.2, 0) is 6.42 Å². The first-order valence-electron chi connectivity index (χ1n) is 8.11. The minimum atomic E-state index is -0.353. The second-order valence-corrected chi connectivity index (χ2v) is 6.52. The molecule has 0 spiro atoms. The van der Waals surface area contributed by atoms with Gasteiger partial charge in [0.2, 0.25) is 0 Å². The van der Waals surface area contributed by atoms with Crippen molar-refractivity contribution in [2.75, 3.05) is 13.1 Å². The van der Waals surface area contributed by atoms with Gasteiger partial charge in [-0.2, -0.15) is 0 Å². The van der Waals surface area contributed by atoms with E-state index in [2.05, 4.69) is 49.9 Å². The maximum absolute atomic E-state index is 10.5. The van der Waals surface area contributed by atoms with Gasteiger partial charge < -0.3 is 5.11 Å². The van der Waals surface area contributed by atoms with Crippen molar-refractivity contribution < 1.29 is 5.11 Å². The third-order valence-electron chi connectivity index (χ3n) is 4.24. The van der Waals surface area contributed by atoms with Gasteiger partial charge in [0.1, 0.15) is 0 Å². The molecule has 112 valence electrons. The van der Waals surface area contributed by atoms with Crippen molar-refractivity contribution in [2.24, 2.45) is 5.92 Å². The zero-order valence-corrected chi connectivity index (χ0v) is 13.2. The van der Waals surface area contributed by atoms with Crippen molar-refractivity contribution in [1.82, 2.24) is 4.90 Å². The van der Waals surface area contributed by atoms with Crippen LogP contribution in [0, 0.1) is 5.92 Å². The maximum atomic E-state index is 10.5. The highest BCUT2D eigenvalue weighted by atomic mass is 16.3. The van der Waals surface area contributed by atoms with E-state index in [1.165, 1.54) is 24.8 Å². The average molecular weight is 275 g/mol. The fraction of sp³-hybridized carbons (Fsp3) is 0.667. The predicted octanol–water partition coefficient (Wildman–Crippen LogP) is 3.79. The van der Waals surface area contributed by atoms with Crippen molar-refractivity contribution in [2.45, 2.75) is 58.6 Å². The highest BCUT2D eigenvalue weighted by Crippen LogP contribution is 2.29. The van der Waals surface area contributed by atoms with Crippen LogP contribution in [0.15, 0.2) is 24.3 Å². The van der Waals surface area contributed by atoms with Crippen LogP contribution >= 0.6 is 0 Å². The number of aliphatic hydroxyl groups excluding tert-OH is 1. The molecule has 0 aromatic heterocycles. The van der Waals surface area contributed by atoms with Crippen molar-refractivity contribution in [3.05, 3.63) is 35.4 Å². The van der Waals surface area contributed by atoms with Crippen molar-refractivity contribution in [3.8, 4) is 0 Å². The van der Waals surface area contributed by atoms with Gasteiger partial charge in [-0.3, -0.25) is 4.90 Å². The standard InChI is InChI=1S/C18H29NO/c1-4-15-5-7-16(8-6-15)18(20)13-19(17-9-10-17)12-11-14(2)3/h5-8,14,17-18,20H,4,9-13H2,1-3H3. The Hall–Kier alpha value is -0.860. The SMILES string of the molecule is CCc1ccc(C(O)CN(CCC(C)C)C2CC2)cc1. The van der Waals surface area contributed by atoms with Crippen LogP contribution in [0.4, 0.5) is 0 Å². The summed E-state index contributed by atoms with van der Waals surface area (Å²) in [6.07, 6.45) is 4.53. The van der Waals surface area contributed by atoms with E-state index in [-0.39, 0.29) is 6.10 Å². The van der Waals surface area contributed by atoms with Crippen molar-refractivity contribution in [3.63, 3.8) is 0 Å². The van der Waals surface area contributed by atoms with Crippen LogP contribution < -0.4 is 0 Å². The summed E-state index contributed by atoms with van der Waals surface area (Å²) in [6.45, 7) is 8.59. The molecule has 1 aliphatic carbocycles. The molecule has 1 atom stereocenters. The molecule has 0 radical (unpaired) electrons. The third kappa shape index (κ3) is 4.60. The molecule has 1 saturated carbocycles. The zero-order valence-electron chi connectivity index (χ0n) is 13.2. The second-order valence-electron chi connectivity index (χ2n) is 6.52. The lowest BCUT2D eigenvalue weighted by molar-refractivity contribution is 0.105. The molecule has 0 amide bonds. The molecule has 0 saturated heterocycles. The number of benzene rings is 1. The number of nitrogens with zero attached hydrogens (tertiary/aromatic N) is 1. The number of aryl methyl sites for hydroxylation is 1. The smallest absolute Gasteiger partial charge is 0.0917 e. The predicted molar refractivity (Wildman–Crippen MR) is 84.8 cm³/mol. The minimum Gasteiger partial charge on any atom is -0.387 e. The van der Waals surface area contributed by atoms with Gasteiger partial charge in [0.05, 0.1) is 6.10 Å². The lowest BCUT2D eigenvalue weighted by Crippen LogP contribution is -2.32. The minimum absolute atomic E-state index is 0.353. The molecule has 0 aliphatic heterocycles. The van der Waals surface area contributed by atoms with E-state index in [0.29, 0.717) is 0 Å². The molecule has 20 heavy (non-hydrogen) atoms. The van der Waals surface area contributed by atoms with Gasteiger partial charge in [-0.1, -0.05) is 45.0 Å². The van der Waals surface area contributed by atoms with E-state index in [1.54, 1.807) is 0 Å². The summed E-state index contributed by atoms with van der Waals surface area (Å²) in [6, 6.07) is 9.15. The fourth-order valence-electron chi connectivity index (χ4n) is 2.59. The molecule has 1 N–H and O–H groups in total. The van der Waals surface area contributed by atoms with E-state index < -0.39 is 0 Å². The molecule has 2 rings (SSSR count). The molecule has 2 heteroatoms. The highest BCUT2D eigenvalue weighted by Gasteiger charge is 2.30. The Morgan fingerprint density at radius 1 is 1.20 bits per heavy atom. The van der Waals surface area contributed by atoms with Gasteiger partial charge in [0.25, 0.3) is 0 Å². The van der Waals surface area contributed by atoms with E-state index in [1.807, 2.05) is 0 Å². The highest BCUT2D eigenvalue weighted by molar-refractivity contribution is 5.24. The summed E-state index contributed by atoms with van der Waals surface area (Å²) in [4.78, 5) is 2.48. The third-order valence-corrected chi connectivity index (χ3v) is 4.24. The molecule has 1 aromatic rings. The largest absolute Gasteiger partial charge is 0.387 e. The Kier molecular flexibility index (Phi) is 5.62. The molecule has 1 aliphatic rings. The number of rotatable bonds is 8. The summed E-state index contributed by atoms with van der Waals surface area (Å²) in [5.41, 5.74) is 2.39.